The normalized spacial score (nSPS) is 15.4. The van der Waals surface area contributed by atoms with Crippen molar-refractivity contribution in [3.05, 3.63) is 17.7 Å². The Labute approximate surface area is 105 Å². The summed E-state index contributed by atoms with van der Waals surface area (Å²) < 4.78 is 10.5. The number of carbonyl (C=O) groups excluding carboxylic acids is 1. The first kappa shape index (κ1) is 12.7. The first-order valence-electron chi connectivity index (χ1n) is 5.63. The van der Waals surface area contributed by atoms with E-state index in [1.54, 1.807) is 19.2 Å². The molecule has 6 nitrogen and oxygen atoms in total. The highest BCUT2D eigenvalue weighted by Gasteiger charge is 2.24. The number of methoxy groups -OCH3 is 1. The van der Waals surface area contributed by atoms with Crippen molar-refractivity contribution in [2.75, 3.05) is 32.6 Å². The molecule has 0 aliphatic carbocycles. The van der Waals surface area contributed by atoms with Crippen LogP contribution in [0.1, 0.15) is 11.7 Å². The van der Waals surface area contributed by atoms with Gasteiger partial charge in [0.15, 0.2) is 6.61 Å². The van der Waals surface area contributed by atoms with Gasteiger partial charge in [0.25, 0.3) is 5.91 Å². The third kappa shape index (κ3) is 2.39. The molecule has 0 bridgehead atoms. The predicted octanol–water partition coefficient (Wildman–Crippen LogP) is 0.279. The van der Waals surface area contributed by atoms with Gasteiger partial charge in [-0.1, -0.05) is 0 Å². The van der Waals surface area contributed by atoms with Gasteiger partial charge in [-0.2, -0.15) is 0 Å². The lowest BCUT2D eigenvalue weighted by atomic mass is 10.1. The van der Waals surface area contributed by atoms with Crippen LogP contribution in [0.3, 0.4) is 0 Å². The summed E-state index contributed by atoms with van der Waals surface area (Å²) in [4.78, 5) is 11.3. The molecule has 1 amide bonds. The SMILES string of the molecule is CNCC(O)c1cc(OC)cc2c1OCC(=O)N2. The average Bonchev–Trinajstić information content (AvgIpc) is 2.37. The molecular formula is C12H16N2O4. The molecule has 0 saturated carbocycles. The Hall–Kier alpha value is -1.79. The quantitative estimate of drug-likeness (QED) is 0.717. The van der Waals surface area contributed by atoms with Crippen LogP contribution in [0.2, 0.25) is 0 Å². The monoisotopic (exact) mass is 252 g/mol. The minimum absolute atomic E-state index is 0.0431. The zero-order valence-electron chi connectivity index (χ0n) is 10.3. The zero-order valence-corrected chi connectivity index (χ0v) is 10.3. The van der Waals surface area contributed by atoms with E-state index in [1.165, 1.54) is 7.11 Å². The number of aliphatic hydroxyl groups excluding tert-OH is 1. The lowest BCUT2D eigenvalue weighted by molar-refractivity contribution is -0.118. The molecule has 1 aliphatic rings. The number of benzene rings is 1. The van der Waals surface area contributed by atoms with Crippen LogP contribution in [-0.4, -0.2) is 38.3 Å². The summed E-state index contributed by atoms with van der Waals surface area (Å²) in [6.07, 6.45) is -0.728. The van der Waals surface area contributed by atoms with Crippen LogP contribution in [-0.2, 0) is 4.79 Å². The van der Waals surface area contributed by atoms with Gasteiger partial charge in [0, 0.05) is 18.2 Å². The smallest absolute Gasteiger partial charge is 0.262 e. The number of likely N-dealkylation sites (N-methyl/N-ethyl adjacent to an activating group) is 1. The first-order chi connectivity index (χ1) is 8.65. The predicted molar refractivity (Wildman–Crippen MR) is 66.0 cm³/mol. The largest absolute Gasteiger partial charge is 0.497 e. The van der Waals surface area contributed by atoms with E-state index in [4.69, 9.17) is 9.47 Å². The third-order valence-electron chi connectivity index (χ3n) is 2.71. The van der Waals surface area contributed by atoms with Crippen molar-refractivity contribution < 1.29 is 19.4 Å². The first-order valence-corrected chi connectivity index (χ1v) is 5.63. The Morgan fingerprint density at radius 1 is 1.61 bits per heavy atom. The number of hydrogen-bond acceptors (Lipinski definition) is 5. The molecule has 18 heavy (non-hydrogen) atoms. The maximum absolute atomic E-state index is 11.3. The third-order valence-corrected chi connectivity index (χ3v) is 2.71. The van der Waals surface area contributed by atoms with Crippen molar-refractivity contribution in [1.82, 2.24) is 5.32 Å². The van der Waals surface area contributed by atoms with Gasteiger partial charge >= 0.3 is 0 Å². The van der Waals surface area contributed by atoms with Gasteiger partial charge in [0.1, 0.15) is 11.5 Å². The highest BCUT2D eigenvalue weighted by atomic mass is 16.5. The molecule has 0 spiro atoms. The maximum atomic E-state index is 11.3. The van der Waals surface area contributed by atoms with E-state index in [2.05, 4.69) is 10.6 Å². The number of nitrogens with one attached hydrogen (secondary N) is 2. The van der Waals surface area contributed by atoms with Crippen LogP contribution < -0.4 is 20.1 Å². The zero-order chi connectivity index (χ0) is 13.1. The second-order valence-electron chi connectivity index (χ2n) is 4.00. The van der Waals surface area contributed by atoms with Crippen molar-refractivity contribution in [2.45, 2.75) is 6.10 Å². The lowest BCUT2D eigenvalue weighted by Crippen LogP contribution is -2.27. The summed E-state index contributed by atoms with van der Waals surface area (Å²) >= 11 is 0. The summed E-state index contributed by atoms with van der Waals surface area (Å²) in [5.74, 6) is 0.840. The van der Waals surface area contributed by atoms with Gasteiger partial charge in [-0.15, -0.1) is 0 Å². The molecule has 2 rings (SSSR count). The second kappa shape index (κ2) is 5.24. The van der Waals surface area contributed by atoms with Crippen molar-refractivity contribution in [3.63, 3.8) is 0 Å². The van der Waals surface area contributed by atoms with Crippen LogP contribution in [0.5, 0.6) is 11.5 Å². The van der Waals surface area contributed by atoms with E-state index in [0.29, 0.717) is 29.3 Å². The number of carbonyl (C=O) groups is 1. The highest BCUT2D eigenvalue weighted by Crippen LogP contribution is 2.38. The molecule has 1 aromatic carbocycles. The Bertz CT molecular complexity index is 462. The van der Waals surface area contributed by atoms with Crippen LogP contribution in [0, 0.1) is 0 Å². The fraction of sp³-hybridized carbons (Fsp3) is 0.417. The van der Waals surface area contributed by atoms with E-state index < -0.39 is 6.10 Å². The molecule has 0 aromatic heterocycles. The van der Waals surface area contributed by atoms with Gasteiger partial charge in [0.05, 0.1) is 18.9 Å². The van der Waals surface area contributed by atoms with Gasteiger partial charge in [-0.05, 0) is 13.1 Å². The van der Waals surface area contributed by atoms with E-state index in [-0.39, 0.29) is 12.5 Å². The molecule has 1 atom stereocenters. The Balaban J connectivity index is 2.44. The van der Waals surface area contributed by atoms with Gasteiger partial charge in [-0.25, -0.2) is 0 Å². The number of anilines is 1. The number of rotatable bonds is 4. The van der Waals surface area contributed by atoms with Gasteiger partial charge in [-0.3, -0.25) is 4.79 Å². The summed E-state index contributed by atoms with van der Waals surface area (Å²) in [7, 11) is 3.28. The number of hydrogen-bond donors (Lipinski definition) is 3. The highest BCUT2D eigenvalue weighted by molar-refractivity contribution is 5.96. The average molecular weight is 252 g/mol. The Kier molecular flexibility index (Phi) is 3.69. The molecular weight excluding hydrogens is 236 g/mol. The Morgan fingerprint density at radius 3 is 3.06 bits per heavy atom. The number of fused-ring (bicyclic) bond motifs is 1. The summed E-state index contributed by atoms with van der Waals surface area (Å²) in [5, 5.41) is 15.6. The summed E-state index contributed by atoms with van der Waals surface area (Å²) in [6.45, 7) is 0.343. The molecule has 3 N–H and O–H groups in total. The fourth-order valence-electron chi connectivity index (χ4n) is 1.87. The van der Waals surface area contributed by atoms with Crippen LogP contribution in [0.25, 0.3) is 0 Å². The van der Waals surface area contributed by atoms with E-state index in [0.717, 1.165) is 0 Å². The maximum Gasteiger partial charge on any atom is 0.262 e. The molecule has 0 saturated heterocycles. The van der Waals surface area contributed by atoms with Crippen molar-refractivity contribution in [2.24, 2.45) is 0 Å². The molecule has 1 heterocycles. The van der Waals surface area contributed by atoms with E-state index in [9.17, 15) is 9.90 Å². The minimum Gasteiger partial charge on any atom is -0.497 e. The molecule has 1 unspecified atom stereocenters. The molecule has 98 valence electrons. The number of ether oxygens (including phenoxy) is 2. The molecule has 0 radical (unpaired) electrons. The summed E-state index contributed by atoms with van der Waals surface area (Å²) in [5.41, 5.74) is 1.12. The second-order valence-corrected chi connectivity index (χ2v) is 4.00. The van der Waals surface area contributed by atoms with Crippen LogP contribution in [0.15, 0.2) is 12.1 Å². The van der Waals surface area contributed by atoms with Gasteiger partial charge < -0.3 is 25.2 Å². The topological polar surface area (TPSA) is 79.8 Å². The molecule has 1 aliphatic heterocycles. The number of aliphatic hydroxyl groups is 1. The van der Waals surface area contributed by atoms with Crippen molar-refractivity contribution in [1.29, 1.82) is 0 Å². The van der Waals surface area contributed by atoms with Crippen molar-refractivity contribution in [3.8, 4) is 11.5 Å². The Morgan fingerprint density at radius 2 is 2.39 bits per heavy atom. The number of amides is 1. The summed E-state index contributed by atoms with van der Waals surface area (Å²) in [6, 6.07) is 3.38. The molecule has 0 fully saturated rings. The van der Waals surface area contributed by atoms with Crippen molar-refractivity contribution >= 4 is 11.6 Å². The van der Waals surface area contributed by atoms with E-state index in [1.807, 2.05) is 0 Å². The minimum atomic E-state index is -0.728. The molecule has 1 aromatic rings. The van der Waals surface area contributed by atoms with Crippen LogP contribution in [0.4, 0.5) is 5.69 Å². The van der Waals surface area contributed by atoms with Crippen LogP contribution >= 0.6 is 0 Å². The molecule has 6 heteroatoms. The lowest BCUT2D eigenvalue weighted by Gasteiger charge is -2.23. The van der Waals surface area contributed by atoms with Gasteiger partial charge in [0.2, 0.25) is 0 Å². The fourth-order valence-corrected chi connectivity index (χ4v) is 1.87. The standard InChI is InChI=1S/C12H16N2O4/c1-13-5-10(15)8-3-7(17-2)4-9-12(8)18-6-11(16)14-9/h3-4,10,13,15H,5-6H2,1-2H3,(H,14,16). The van der Waals surface area contributed by atoms with E-state index >= 15 is 0 Å².